The average Bonchev–Trinajstić information content (AvgIpc) is 2.28. The Labute approximate surface area is 120 Å². The molecule has 2 nitrogen and oxygen atoms in total. The van der Waals surface area contributed by atoms with E-state index >= 15 is 0 Å². The molecule has 1 saturated heterocycles. The van der Waals surface area contributed by atoms with Gasteiger partial charge in [0, 0.05) is 27.7 Å². The standard InChI is InChI=1S/C13H16INOS/c1-9-4-3-5-11(14)12(9)13(16)15-6-7-17-10(2)8-15/h3-5,10H,6-8H2,1-2H3. The van der Waals surface area contributed by atoms with Crippen molar-refractivity contribution in [1.29, 1.82) is 0 Å². The molecule has 17 heavy (non-hydrogen) atoms. The maximum Gasteiger partial charge on any atom is 0.255 e. The SMILES string of the molecule is Cc1cccc(I)c1C(=O)N1CCSC(C)C1. The van der Waals surface area contributed by atoms with E-state index in [9.17, 15) is 4.79 Å². The van der Waals surface area contributed by atoms with Crippen LogP contribution >= 0.6 is 34.4 Å². The van der Waals surface area contributed by atoms with Crippen molar-refractivity contribution in [3.63, 3.8) is 0 Å². The normalized spacial score (nSPS) is 20.4. The number of nitrogens with zero attached hydrogens (tertiary/aromatic N) is 1. The van der Waals surface area contributed by atoms with E-state index in [2.05, 4.69) is 29.5 Å². The number of hydrogen-bond acceptors (Lipinski definition) is 2. The Hall–Kier alpha value is -0.230. The maximum absolute atomic E-state index is 12.5. The molecule has 1 heterocycles. The minimum Gasteiger partial charge on any atom is -0.337 e. The van der Waals surface area contributed by atoms with Gasteiger partial charge in [-0.3, -0.25) is 4.79 Å². The highest BCUT2D eigenvalue weighted by atomic mass is 127. The molecule has 1 aromatic carbocycles. The fourth-order valence-electron chi connectivity index (χ4n) is 2.06. The third-order valence-electron chi connectivity index (χ3n) is 2.96. The van der Waals surface area contributed by atoms with Gasteiger partial charge in [0.1, 0.15) is 0 Å². The summed E-state index contributed by atoms with van der Waals surface area (Å²) in [4.78, 5) is 14.5. The van der Waals surface area contributed by atoms with Crippen LogP contribution in [0.1, 0.15) is 22.8 Å². The lowest BCUT2D eigenvalue weighted by molar-refractivity contribution is 0.0761. The molecular formula is C13H16INOS. The zero-order valence-electron chi connectivity index (χ0n) is 10.1. The Morgan fingerprint density at radius 1 is 1.53 bits per heavy atom. The monoisotopic (exact) mass is 361 g/mol. The van der Waals surface area contributed by atoms with Gasteiger partial charge in [0.05, 0.1) is 5.56 Å². The van der Waals surface area contributed by atoms with Gasteiger partial charge in [-0.2, -0.15) is 11.8 Å². The van der Waals surface area contributed by atoms with Crippen LogP contribution in [0.4, 0.5) is 0 Å². The molecule has 4 heteroatoms. The fraction of sp³-hybridized carbons (Fsp3) is 0.462. The Bertz CT molecular complexity index is 415. The van der Waals surface area contributed by atoms with Crippen LogP contribution in [0.3, 0.4) is 0 Å². The highest BCUT2D eigenvalue weighted by molar-refractivity contribution is 14.1. The van der Waals surface area contributed by atoms with E-state index in [-0.39, 0.29) is 5.91 Å². The lowest BCUT2D eigenvalue weighted by Crippen LogP contribution is -2.41. The average molecular weight is 361 g/mol. The molecule has 2 rings (SSSR count). The summed E-state index contributed by atoms with van der Waals surface area (Å²) >= 11 is 4.20. The van der Waals surface area contributed by atoms with Crippen molar-refractivity contribution in [1.82, 2.24) is 4.90 Å². The van der Waals surface area contributed by atoms with Crippen LogP contribution in [0.25, 0.3) is 0 Å². The van der Waals surface area contributed by atoms with Crippen LogP contribution in [0.5, 0.6) is 0 Å². The Balaban J connectivity index is 2.24. The van der Waals surface area contributed by atoms with Gasteiger partial charge in [0.25, 0.3) is 5.91 Å². The van der Waals surface area contributed by atoms with Crippen LogP contribution in [0.2, 0.25) is 0 Å². The lowest BCUT2D eigenvalue weighted by atomic mass is 10.1. The minimum atomic E-state index is 0.194. The van der Waals surface area contributed by atoms with Crippen molar-refractivity contribution in [2.24, 2.45) is 0 Å². The molecule has 1 fully saturated rings. The zero-order valence-corrected chi connectivity index (χ0v) is 13.0. The Morgan fingerprint density at radius 3 is 2.94 bits per heavy atom. The molecule has 0 aromatic heterocycles. The molecule has 1 aliphatic heterocycles. The first kappa shape index (κ1) is 13.2. The molecule has 0 bridgehead atoms. The number of halogens is 1. The van der Waals surface area contributed by atoms with Crippen LogP contribution in [-0.4, -0.2) is 34.9 Å². The summed E-state index contributed by atoms with van der Waals surface area (Å²) in [6, 6.07) is 6.02. The molecule has 1 aromatic rings. The second-order valence-corrected chi connectivity index (χ2v) is 7.07. The predicted octanol–water partition coefficient (Wildman–Crippen LogP) is 3.18. The molecule has 92 valence electrons. The number of amides is 1. The molecule has 0 N–H and O–H groups in total. The number of thioether (sulfide) groups is 1. The van der Waals surface area contributed by atoms with Crippen molar-refractivity contribution in [2.75, 3.05) is 18.8 Å². The quantitative estimate of drug-likeness (QED) is 0.717. The van der Waals surface area contributed by atoms with Crippen molar-refractivity contribution in [3.8, 4) is 0 Å². The summed E-state index contributed by atoms with van der Waals surface area (Å²) in [5.41, 5.74) is 1.96. The van der Waals surface area contributed by atoms with E-state index in [1.165, 1.54) is 0 Å². The summed E-state index contributed by atoms with van der Waals surface area (Å²) in [7, 11) is 0. The van der Waals surface area contributed by atoms with Gasteiger partial charge in [-0.25, -0.2) is 0 Å². The molecule has 1 unspecified atom stereocenters. The number of hydrogen-bond donors (Lipinski definition) is 0. The topological polar surface area (TPSA) is 20.3 Å². The minimum absolute atomic E-state index is 0.194. The van der Waals surface area contributed by atoms with Gasteiger partial charge < -0.3 is 4.90 Å². The van der Waals surface area contributed by atoms with Gasteiger partial charge in [-0.1, -0.05) is 19.1 Å². The molecule has 0 radical (unpaired) electrons. The molecule has 0 aliphatic carbocycles. The summed E-state index contributed by atoms with van der Waals surface area (Å²) in [6.45, 7) is 5.94. The first-order valence-corrected chi connectivity index (χ1v) is 7.88. The third-order valence-corrected chi connectivity index (χ3v) is 5.00. The number of rotatable bonds is 1. The predicted molar refractivity (Wildman–Crippen MR) is 81.7 cm³/mol. The number of carbonyl (C=O) groups is 1. The number of aryl methyl sites for hydroxylation is 1. The smallest absolute Gasteiger partial charge is 0.255 e. The fourth-order valence-corrected chi connectivity index (χ4v) is 3.94. The van der Waals surface area contributed by atoms with Crippen molar-refractivity contribution in [2.45, 2.75) is 19.1 Å². The summed E-state index contributed by atoms with van der Waals surface area (Å²) < 4.78 is 1.05. The van der Waals surface area contributed by atoms with E-state index in [0.29, 0.717) is 5.25 Å². The van der Waals surface area contributed by atoms with Crippen molar-refractivity contribution in [3.05, 3.63) is 32.9 Å². The first-order valence-electron chi connectivity index (χ1n) is 5.75. The second kappa shape index (κ2) is 5.61. The van der Waals surface area contributed by atoms with Gasteiger partial charge in [-0.05, 0) is 41.1 Å². The number of benzene rings is 1. The zero-order chi connectivity index (χ0) is 12.4. The van der Waals surface area contributed by atoms with Gasteiger partial charge >= 0.3 is 0 Å². The van der Waals surface area contributed by atoms with E-state index in [4.69, 9.17) is 0 Å². The Kier molecular flexibility index (Phi) is 4.36. The van der Waals surface area contributed by atoms with Gasteiger partial charge in [-0.15, -0.1) is 0 Å². The lowest BCUT2D eigenvalue weighted by Gasteiger charge is -2.31. The summed E-state index contributed by atoms with van der Waals surface area (Å²) in [5.74, 6) is 1.25. The third kappa shape index (κ3) is 2.96. The van der Waals surface area contributed by atoms with Crippen LogP contribution in [0.15, 0.2) is 18.2 Å². The second-order valence-electron chi connectivity index (χ2n) is 4.36. The maximum atomic E-state index is 12.5. The highest BCUT2D eigenvalue weighted by Gasteiger charge is 2.24. The van der Waals surface area contributed by atoms with E-state index in [1.54, 1.807) is 0 Å². The summed E-state index contributed by atoms with van der Waals surface area (Å²) in [6.07, 6.45) is 0. The van der Waals surface area contributed by atoms with E-state index in [0.717, 1.165) is 33.5 Å². The van der Waals surface area contributed by atoms with Crippen molar-refractivity contribution >= 4 is 40.3 Å². The van der Waals surface area contributed by atoms with Crippen molar-refractivity contribution < 1.29 is 4.79 Å². The largest absolute Gasteiger partial charge is 0.337 e. The Morgan fingerprint density at radius 2 is 2.29 bits per heavy atom. The first-order chi connectivity index (χ1) is 8.09. The molecule has 1 aliphatic rings. The molecule has 1 amide bonds. The van der Waals surface area contributed by atoms with Crippen LogP contribution < -0.4 is 0 Å². The summed E-state index contributed by atoms with van der Waals surface area (Å²) in [5, 5.41) is 0.550. The van der Waals surface area contributed by atoms with Gasteiger partial charge in [0.2, 0.25) is 0 Å². The van der Waals surface area contributed by atoms with E-state index in [1.807, 2.05) is 41.8 Å². The molecular weight excluding hydrogens is 345 g/mol. The molecule has 0 saturated carbocycles. The van der Waals surface area contributed by atoms with Crippen LogP contribution in [0, 0.1) is 10.5 Å². The molecule has 0 spiro atoms. The van der Waals surface area contributed by atoms with Gasteiger partial charge in [0.15, 0.2) is 0 Å². The van der Waals surface area contributed by atoms with Crippen LogP contribution in [-0.2, 0) is 0 Å². The number of carbonyl (C=O) groups excluding carboxylic acids is 1. The highest BCUT2D eigenvalue weighted by Crippen LogP contribution is 2.23. The molecule has 1 atom stereocenters. The van der Waals surface area contributed by atoms with E-state index < -0.39 is 0 Å².